The van der Waals surface area contributed by atoms with Crippen molar-refractivity contribution in [3.8, 4) is 0 Å². The van der Waals surface area contributed by atoms with Crippen LogP contribution in [0.15, 0.2) is 12.2 Å². The van der Waals surface area contributed by atoms with E-state index in [0.29, 0.717) is 5.88 Å². The van der Waals surface area contributed by atoms with Crippen molar-refractivity contribution in [3.05, 3.63) is 12.2 Å². The van der Waals surface area contributed by atoms with Crippen molar-refractivity contribution in [2.45, 2.75) is 30.6 Å². The van der Waals surface area contributed by atoms with Gasteiger partial charge in [-0.15, -0.1) is 11.6 Å². The average Bonchev–Trinajstić information content (AvgIpc) is 2.60. The number of hydrogen-bond donors (Lipinski definition) is 1. The number of halogens is 1. The van der Waals surface area contributed by atoms with Gasteiger partial charge in [0.05, 0.1) is 0 Å². The minimum atomic E-state index is 0.623. The molecule has 1 N–H and O–H groups in total. The Morgan fingerprint density at radius 3 is 3.00 bits per heavy atom. The van der Waals surface area contributed by atoms with Crippen LogP contribution in [-0.4, -0.2) is 30.0 Å². The van der Waals surface area contributed by atoms with Crippen LogP contribution in [0.25, 0.3) is 0 Å². The summed E-state index contributed by atoms with van der Waals surface area (Å²) in [6, 6.07) is 0.718. The van der Waals surface area contributed by atoms with Gasteiger partial charge in [0.1, 0.15) is 0 Å². The summed E-state index contributed by atoms with van der Waals surface area (Å²) in [7, 11) is 0. The number of allylic oxidation sites excluding steroid dienone is 1. The number of rotatable bonds is 5. The molecule has 0 heterocycles. The lowest BCUT2D eigenvalue weighted by Gasteiger charge is -2.17. The molecule has 2 atom stereocenters. The van der Waals surface area contributed by atoms with Gasteiger partial charge >= 0.3 is 0 Å². The van der Waals surface area contributed by atoms with Crippen LogP contribution in [0.5, 0.6) is 0 Å². The van der Waals surface area contributed by atoms with E-state index in [-0.39, 0.29) is 0 Å². The minimum absolute atomic E-state index is 0.623. The maximum atomic E-state index is 5.53. The lowest BCUT2D eigenvalue weighted by atomic mass is 10.2. The van der Waals surface area contributed by atoms with Crippen molar-refractivity contribution in [1.82, 2.24) is 5.32 Å². The highest BCUT2D eigenvalue weighted by molar-refractivity contribution is 7.99. The van der Waals surface area contributed by atoms with E-state index in [4.69, 9.17) is 11.6 Å². The Balaban J connectivity index is 2.16. The Kier molecular flexibility index (Phi) is 5.92. The van der Waals surface area contributed by atoms with Gasteiger partial charge in [0.15, 0.2) is 0 Å². The van der Waals surface area contributed by atoms with Crippen molar-refractivity contribution >= 4 is 23.4 Å². The summed E-state index contributed by atoms with van der Waals surface area (Å²) in [6.45, 7) is 0.967. The molecule has 0 saturated heterocycles. The Morgan fingerprint density at radius 1 is 1.46 bits per heavy atom. The quantitative estimate of drug-likeness (QED) is 0.564. The molecule has 0 aromatic heterocycles. The highest BCUT2D eigenvalue weighted by atomic mass is 35.5. The van der Waals surface area contributed by atoms with Crippen LogP contribution < -0.4 is 5.32 Å². The van der Waals surface area contributed by atoms with Gasteiger partial charge in [0.2, 0.25) is 0 Å². The lowest BCUT2D eigenvalue weighted by molar-refractivity contribution is 0.565. The Hall–Kier alpha value is 0.340. The molecular formula is C10H18ClNS. The van der Waals surface area contributed by atoms with Crippen LogP contribution in [0, 0.1) is 0 Å². The van der Waals surface area contributed by atoms with E-state index in [1.165, 1.54) is 19.3 Å². The van der Waals surface area contributed by atoms with E-state index in [0.717, 1.165) is 17.8 Å². The number of alkyl halides is 1. The summed E-state index contributed by atoms with van der Waals surface area (Å²) in [6.07, 6.45) is 10.4. The molecule has 0 spiro atoms. The van der Waals surface area contributed by atoms with E-state index in [9.17, 15) is 0 Å². The Morgan fingerprint density at radius 2 is 2.31 bits per heavy atom. The molecule has 1 nitrogen and oxygen atoms in total. The smallest absolute Gasteiger partial charge is 0.0404 e. The Labute approximate surface area is 90.3 Å². The SMILES string of the molecule is CSC1CCCC1NC/C=C/CCl. The molecule has 1 aliphatic rings. The highest BCUT2D eigenvalue weighted by Crippen LogP contribution is 2.28. The summed E-state index contributed by atoms with van der Waals surface area (Å²) in [4.78, 5) is 0. The minimum Gasteiger partial charge on any atom is -0.309 e. The number of nitrogens with one attached hydrogen (secondary N) is 1. The third-order valence-corrected chi connectivity index (χ3v) is 3.86. The van der Waals surface area contributed by atoms with E-state index in [1.807, 2.05) is 17.8 Å². The lowest BCUT2D eigenvalue weighted by Crippen LogP contribution is -2.33. The first kappa shape index (κ1) is 11.4. The zero-order valence-electron chi connectivity index (χ0n) is 8.13. The van der Waals surface area contributed by atoms with Crippen LogP contribution in [0.4, 0.5) is 0 Å². The van der Waals surface area contributed by atoms with Gasteiger partial charge in [-0.3, -0.25) is 0 Å². The number of hydrogen-bond acceptors (Lipinski definition) is 2. The summed E-state index contributed by atoms with van der Waals surface area (Å²) in [5, 5.41) is 4.37. The topological polar surface area (TPSA) is 12.0 Å². The molecule has 0 aliphatic heterocycles. The molecule has 13 heavy (non-hydrogen) atoms. The van der Waals surface area contributed by atoms with Crippen molar-refractivity contribution in [1.29, 1.82) is 0 Å². The second-order valence-corrected chi connectivity index (χ2v) is 4.73. The first-order valence-corrected chi connectivity index (χ1v) is 6.68. The van der Waals surface area contributed by atoms with Gasteiger partial charge in [0.25, 0.3) is 0 Å². The Bertz CT molecular complexity index is 161. The molecular weight excluding hydrogens is 202 g/mol. The molecule has 1 saturated carbocycles. The largest absolute Gasteiger partial charge is 0.309 e. The maximum Gasteiger partial charge on any atom is 0.0404 e. The van der Waals surface area contributed by atoms with Crippen molar-refractivity contribution in [2.75, 3.05) is 18.7 Å². The fourth-order valence-electron chi connectivity index (χ4n) is 1.81. The normalized spacial score (nSPS) is 28.8. The van der Waals surface area contributed by atoms with Crippen molar-refractivity contribution in [3.63, 3.8) is 0 Å². The fourth-order valence-corrected chi connectivity index (χ4v) is 2.90. The second-order valence-electron chi connectivity index (χ2n) is 3.35. The third kappa shape index (κ3) is 3.92. The average molecular weight is 220 g/mol. The van der Waals surface area contributed by atoms with Gasteiger partial charge < -0.3 is 5.32 Å². The van der Waals surface area contributed by atoms with Crippen molar-refractivity contribution < 1.29 is 0 Å². The zero-order chi connectivity index (χ0) is 9.52. The second kappa shape index (κ2) is 6.74. The molecule has 0 amide bonds. The molecule has 0 bridgehead atoms. The van der Waals surface area contributed by atoms with Crippen LogP contribution in [0.2, 0.25) is 0 Å². The monoisotopic (exact) mass is 219 g/mol. The van der Waals surface area contributed by atoms with Crippen LogP contribution >= 0.6 is 23.4 Å². The van der Waals surface area contributed by atoms with E-state index in [2.05, 4.69) is 17.6 Å². The van der Waals surface area contributed by atoms with E-state index in [1.54, 1.807) is 0 Å². The molecule has 2 unspecified atom stereocenters. The van der Waals surface area contributed by atoms with Crippen LogP contribution in [-0.2, 0) is 0 Å². The molecule has 0 radical (unpaired) electrons. The standard InChI is InChI=1S/C10H18ClNS/c1-13-10-6-4-5-9(10)12-8-3-2-7-11/h2-3,9-10,12H,4-8H2,1H3/b3-2+. The first-order chi connectivity index (χ1) is 6.38. The zero-order valence-corrected chi connectivity index (χ0v) is 9.70. The van der Waals surface area contributed by atoms with Gasteiger partial charge in [-0.25, -0.2) is 0 Å². The predicted molar refractivity (Wildman–Crippen MR) is 62.8 cm³/mol. The molecule has 1 fully saturated rings. The van der Waals surface area contributed by atoms with Crippen molar-refractivity contribution in [2.24, 2.45) is 0 Å². The molecule has 1 rings (SSSR count). The van der Waals surface area contributed by atoms with Gasteiger partial charge in [-0.1, -0.05) is 18.6 Å². The first-order valence-electron chi connectivity index (χ1n) is 4.85. The van der Waals surface area contributed by atoms with Gasteiger partial charge in [-0.2, -0.15) is 11.8 Å². The summed E-state index contributed by atoms with van der Waals surface area (Å²) >= 11 is 7.53. The van der Waals surface area contributed by atoms with E-state index >= 15 is 0 Å². The maximum absolute atomic E-state index is 5.53. The summed E-state index contributed by atoms with van der Waals surface area (Å²) < 4.78 is 0. The van der Waals surface area contributed by atoms with Gasteiger partial charge in [0, 0.05) is 23.7 Å². The summed E-state index contributed by atoms with van der Waals surface area (Å²) in [5.74, 6) is 0.623. The van der Waals surface area contributed by atoms with Crippen LogP contribution in [0.3, 0.4) is 0 Å². The molecule has 0 aromatic rings. The highest BCUT2D eigenvalue weighted by Gasteiger charge is 2.25. The number of thioether (sulfide) groups is 1. The fraction of sp³-hybridized carbons (Fsp3) is 0.800. The van der Waals surface area contributed by atoms with E-state index < -0.39 is 0 Å². The summed E-state index contributed by atoms with van der Waals surface area (Å²) in [5.41, 5.74) is 0. The van der Waals surface area contributed by atoms with Crippen LogP contribution in [0.1, 0.15) is 19.3 Å². The molecule has 1 aliphatic carbocycles. The molecule has 3 heteroatoms. The predicted octanol–water partition coefficient (Wildman–Crippen LogP) is 2.66. The molecule has 0 aromatic carbocycles. The third-order valence-electron chi connectivity index (χ3n) is 2.51. The van der Waals surface area contributed by atoms with Gasteiger partial charge in [-0.05, 0) is 19.1 Å². The molecule has 76 valence electrons.